The maximum absolute atomic E-state index is 12.5. The average Bonchev–Trinajstić information content (AvgIpc) is 2.46. The number of Topliss-reactive ketones (excluding diaryl/α,β-unsaturated/α-hetero) is 1. The normalized spacial score (nSPS) is 17.2. The number of ketones is 1. The van der Waals surface area contributed by atoms with Crippen LogP contribution < -0.4 is 4.74 Å². The molecule has 0 aromatic heterocycles. The number of rotatable bonds is 4. The van der Waals surface area contributed by atoms with E-state index in [9.17, 15) is 9.59 Å². The standard InChI is InChI=1S/C17H23NO4/c1-12(19)13-5-6-15(21-4)14(9-13)10-16(20)18-7-8-22-17(2,3)11-18/h5-6,9H,7-8,10-11H2,1-4H3. The molecule has 1 aliphatic heterocycles. The number of carbonyl (C=O) groups is 2. The number of methoxy groups -OCH3 is 1. The molecule has 0 aliphatic carbocycles. The van der Waals surface area contributed by atoms with E-state index < -0.39 is 0 Å². The van der Waals surface area contributed by atoms with Crippen LogP contribution in [0.15, 0.2) is 18.2 Å². The maximum Gasteiger partial charge on any atom is 0.227 e. The highest BCUT2D eigenvalue weighted by Crippen LogP contribution is 2.23. The SMILES string of the molecule is COc1ccc(C(C)=O)cc1CC(=O)N1CCOC(C)(C)C1. The van der Waals surface area contributed by atoms with Gasteiger partial charge in [0.05, 0.1) is 25.7 Å². The van der Waals surface area contributed by atoms with Gasteiger partial charge < -0.3 is 14.4 Å². The zero-order valence-corrected chi connectivity index (χ0v) is 13.6. The molecule has 0 radical (unpaired) electrons. The Kier molecular flexibility index (Phi) is 4.86. The predicted molar refractivity (Wildman–Crippen MR) is 83.3 cm³/mol. The molecule has 0 bridgehead atoms. The summed E-state index contributed by atoms with van der Waals surface area (Å²) in [4.78, 5) is 25.9. The second-order valence-corrected chi connectivity index (χ2v) is 6.18. The largest absolute Gasteiger partial charge is 0.496 e. The van der Waals surface area contributed by atoms with Crippen LogP contribution in [-0.4, -0.2) is 49.0 Å². The highest BCUT2D eigenvalue weighted by atomic mass is 16.5. The summed E-state index contributed by atoms with van der Waals surface area (Å²) in [5.74, 6) is 0.630. The quantitative estimate of drug-likeness (QED) is 0.799. The molecular weight excluding hydrogens is 282 g/mol. The van der Waals surface area contributed by atoms with Crippen molar-refractivity contribution in [3.8, 4) is 5.75 Å². The highest BCUT2D eigenvalue weighted by Gasteiger charge is 2.30. The molecule has 0 saturated carbocycles. The number of benzene rings is 1. The van der Waals surface area contributed by atoms with Crippen molar-refractivity contribution >= 4 is 11.7 Å². The van der Waals surface area contributed by atoms with E-state index in [1.54, 1.807) is 25.3 Å². The van der Waals surface area contributed by atoms with E-state index in [1.165, 1.54) is 6.92 Å². The molecule has 22 heavy (non-hydrogen) atoms. The van der Waals surface area contributed by atoms with Gasteiger partial charge in [0.1, 0.15) is 5.75 Å². The fourth-order valence-electron chi connectivity index (χ4n) is 2.64. The molecule has 0 atom stereocenters. The van der Waals surface area contributed by atoms with Gasteiger partial charge in [0.15, 0.2) is 5.78 Å². The Balaban J connectivity index is 2.16. The van der Waals surface area contributed by atoms with Crippen LogP contribution in [0.3, 0.4) is 0 Å². The van der Waals surface area contributed by atoms with Crippen LogP contribution >= 0.6 is 0 Å². The first-order valence-corrected chi connectivity index (χ1v) is 7.42. The average molecular weight is 305 g/mol. The Bertz CT molecular complexity index is 580. The summed E-state index contributed by atoms with van der Waals surface area (Å²) < 4.78 is 10.9. The second-order valence-electron chi connectivity index (χ2n) is 6.18. The van der Waals surface area contributed by atoms with Crippen molar-refractivity contribution in [2.75, 3.05) is 26.8 Å². The summed E-state index contributed by atoms with van der Waals surface area (Å²) in [7, 11) is 1.56. The topological polar surface area (TPSA) is 55.8 Å². The van der Waals surface area contributed by atoms with Gasteiger partial charge in [-0.05, 0) is 39.0 Å². The van der Waals surface area contributed by atoms with E-state index in [1.807, 2.05) is 18.7 Å². The van der Waals surface area contributed by atoms with Gasteiger partial charge in [-0.1, -0.05) is 0 Å². The van der Waals surface area contributed by atoms with E-state index >= 15 is 0 Å². The zero-order valence-electron chi connectivity index (χ0n) is 13.6. The Morgan fingerprint density at radius 1 is 1.36 bits per heavy atom. The number of ether oxygens (including phenoxy) is 2. The van der Waals surface area contributed by atoms with Crippen LogP contribution in [0.25, 0.3) is 0 Å². The second kappa shape index (κ2) is 6.48. The molecule has 5 nitrogen and oxygen atoms in total. The Morgan fingerprint density at radius 3 is 2.68 bits per heavy atom. The van der Waals surface area contributed by atoms with Gasteiger partial charge >= 0.3 is 0 Å². The molecule has 1 amide bonds. The van der Waals surface area contributed by atoms with E-state index in [4.69, 9.17) is 9.47 Å². The van der Waals surface area contributed by atoms with Crippen LogP contribution in [-0.2, 0) is 16.0 Å². The molecule has 1 aliphatic rings. The van der Waals surface area contributed by atoms with Gasteiger partial charge in [-0.3, -0.25) is 9.59 Å². The first-order chi connectivity index (χ1) is 10.3. The third kappa shape index (κ3) is 3.85. The summed E-state index contributed by atoms with van der Waals surface area (Å²) in [5, 5.41) is 0. The molecule has 0 spiro atoms. The lowest BCUT2D eigenvalue weighted by atomic mass is 10.0. The van der Waals surface area contributed by atoms with Crippen molar-refractivity contribution < 1.29 is 19.1 Å². The minimum Gasteiger partial charge on any atom is -0.496 e. The van der Waals surface area contributed by atoms with Crippen LogP contribution in [0.2, 0.25) is 0 Å². The maximum atomic E-state index is 12.5. The minimum absolute atomic E-state index is 0.0235. The van der Waals surface area contributed by atoms with E-state index in [0.717, 1.165) is 5.56 Å². The Labute approximate surface area is 131 Å². The molecule has 1 heterocycles. The van der Waals surface area contributed by atoms with Crippen molar-refractivity contribution in [1.29, 1.82) is 0 Å². The lowest BCUT2D eigenvalue weighted by Crippen LogP contribution is -2.51. The molecule has 1 saturated heterocycles. The summed E-state index contributed by atoms with van der Waals surface area (Å²) >= 11 is 0. The molecule has 2 rings (SSSR count). The van der Waals surface area contributed by atoms with E-state index in [-0.39, 0.29) is 23.7 Å². The molecule has 0 N–H and O–H groups in total. The van der Waals surface area contributed by atoms with Crippen molar-refractivity contribution in [3.63, 3.8) is 0 Å². The number of hydrogen-bond acceptors (Lipinski definition) is 4. The summed E-state index contributed by atoms with van der Waals surface area (Å²) in [5.41, 5.74) is 1.01. The van der Waals surface area contributed by atoms with Crippen LogP contribution in [0.4, 0.5) is 0 Å². The molecule has 5 heteroatoms. The van der Waals surface area contributed by atoms with Gasteiger partial charge in [0.25, 0.3) is 0 Å². The van der Waals surface area contributed by atoms with Crippen molar-refractivity contribution in [2.24, 2.45) is 0 Å². The van der Waals surface area contributed by atoms with Gasteiger partial charge in [-0.25, -0.2) is 0 Å². The zero-order chi connectivity index (χ0) is 16.3. The molecule has 1 fully saturated rings. The van der Waals surface area contributed by atoms with Gasteiger partial charge in [0, 0.05) is 24.2 Å². The molecule has 120 valence electrons. The summed E-state index contributed by atoms with van der Waals surface area (Å²) in [6, 6.07) is 5.19. The molecule has 1 aromatic carbocycles. The third-order valence-electron chi connectivity index (χ3n) is 3.81. The first-order valence-electron chi connectivity index (χ1n) is 7.42. The molecule has 1 aromatic rings. The van der Waals surface area contributed by atoms with Crippen molar-refractivity contribution in [3.05, 3.63) is 29.3 Å². The predicted octanol–water partition coefficient (Wildman–Crippen LogP) is 2.08. The fourth-order valence-corrected chi connectivity index (χ4v) is 2.64. The fraction of sp³-hybridized carbons (Fsp3) is 0.529. The lowest BCUT2D eigenvalue weighted by Gasteiger charge is -2.38. The number of amides is 1. The Hall–Kier alpha value is -1.88. The number of hydrogen-bond donors (Lipinski definition) is 0. The number of morpholine rings is 1. The summed E-state index contributed by atoms with van der Waals surface area (Å²) in [6.45, 7) is 7.17. The Morgan fingerprint density at radius 2 is 2.09 bits per heavy atom. The van der Waals surface area contributed by atoms with Gasteiger partial charge in [-0.2, -0.15) is 0 Å². The van der Waals surface area contributed by atoms with E-state index in [2.05, 4.69) is 0 Å². The number of nitrogens with zero attached hydrogens (tertiary/aromatic N) is 1. The summed E-state index contributed by atoms with van der Waals surface area (Å²) in [6.07, 6.45) is 0.223. The van der Waals surface area contributed by atoms with E-state index in [0.29, 0.717) is 31.0 Å². The van der Waals surface area contributed by atoms with Gasteiger partial charge in [-0.15, -0.1) is 0 Å². The van der Waals surface area contributed by atoms with Crippen molar-refractivity contribution in [2.45, 2.75) is 32.8 Å². The highest BCUT2D eigenvalue weighted by molar-refractivity contribution is 5.94. The molecular formula is C17H23NO4. The first kappa shape index (κ1) is 16.5. The minimum atomic E-state index is -0.320. The van der Waals surface area contributed by atoms with Crippen molar-refractivity contribution in [1.82, 2.24) is 4.90 Å². The molecule has 0 unspecified atom stereocenters. The number of carbonyl (C=O) groups excluding carboxylic acids is 2. The van der Waals surface area contributed by atoms with Gasteiger partial charge in [0.2, 0.25) is 5.91 Å². The third-order valence-corrected chi connectivity index (χ3v) is 3.81. The monoisotopic (exact) mass is 305 g/mol. The lowest BCUT2D eigenvalue weighted by molar-refractivity contribution is -0.145. The smallest absolute Gasteiger partial charge is 0.227 e. The van der Waals surface area contributed by atoms with Crippen LogP contribution in [0.1, 0.15) is 36.7 Å². The van der Waals surface area contributed by atoms with Crippen LogP contribution in [0, 0.1) is 0 Å². The van der Waals surface area contributed by atoms with Crippen LogP contribution in [0.5, 0.6) is 5.75 Å².